The Morgan fingerprint density at radius 1 is 1.56 bits per heavy atom. The van der Waals surface area contributed by atoms with Crippen molar-refractivity contribution in [2.45, 2.75) is 6.23 Å². The van der Waals surface area contributed by atoms with Crippen molar-refractivity contribution < 1.29 is 9.94 Å². The molecule has 1 unspecified atom stereocenters. The summed E-state index contributed by atoms with van der Waals surface area (Å²) >= 11 is 0. The van der Waals surface area contributed by atoms with E-state index in [-0.39, 0.29) is 0 Å². The van der Waals surface area contributed by atoms with Gasteiger partial charge in [-0.15, -0.1) is 0 Å². The molecule has 0 fully saturated rings. The molecule has 0 saturated carbocycles. The van der Waals surface area contributed by atoms with Gasteiger partial charge in [-0.1, -0.05) is 6.08 Å². The number of aliphatic hydroxyl groups is 1. The molecule has 0 radical (unpaired) electrons. The van der Waals surface area contributed by atoms with Crippen LogP contribution in [0, 0.1) is 0 Å². The molecule has 1 aliphatic rings. The molecular formula is C6H9NO2. The van der Waals surface area contributed by atoms with E-state index in [1.807, 2.05) is 0 Å². The van der Waals surface area contributed by atoms with E-state index < -0.39 is 6.23 Å². The van der Waals surface area contributed by atoms with Crippen LogP contribution in [0.2, 0.25) is 0 Å². The smallest absolute Gasteiger partial charge is 0.169 e. The van der Waals surface area contributed by atoms with Crippen molar-refractivity contribution in [1.82, 2.24) is 5.06 Å². The largest absolute Gasteiger partial charge is 0.368 e. The minimum absolute atomic E-state index is 0.639. The maximum absolute atomic E-state index is 9.03. The van der Waals surface area contributed by atoms with Gasteiger partial charge < -0.3 is 5.11 Å². The second kappa shape index (κ2) is 2.66. The zero-order chi connectivity index (χ0) is 6.69. The van der Waals surface area contributed by atoms with Crippen LogP contribution in [0.4, 0.5) is 0 Å². The molecule has 0 aromatic rings. The number of allylic oxidation sites excluding steroid dienone is 2. The van der Waals surface area contributed by atoms with E-state index in [2.05, 4.69) is 0 Å². The molecule has 9 heavy (non-hydrogen) atoms. The molecular weight excluding hydrogens is 118 g/mol. The van der Waals surface area contributed by atoms with Gasteiger partial charge in [0.15, 0.2) is 6.23 Å². The molecule has 0 aliphatic carbocycles. The van der Waals surface area contributed by atoms with Crippen LogP contribution in [0.15, 0.2) is 24.4 Å². The van der Waals surface area contributed by atoms with Crippen LogP contribution in [0.1, 0.15) is 0 Å². The van der Waals surface area contributed by atoms with Gasteiger partial charge >= 0.3 is 0 Å². The fourth-order valence-electron chi connectivity index (χ4n) is 0.640. The molecule has 50 valence electrons. The van der Waals surface area contributed by atoms with Crippen LogP contribution in [0.5, 0.6) is 0 Å². The van der Waals surface area contributed by atoms with Crippen molar-refractivity contribution >= 4 is 0 Å². The number of rotatable bonds is 1. The number of nitrogens with zero attached hydrogens (tertiary/aromatic N) is 1. The molecule has 0 aromatic carbocycles. The Morgan fingerprint density at radius 2 is 2.33 bits per heavy atom. The van der Waals surface area contributed by atoms with Gasteiger partial charge in [-0.2, -0.15) is 0 Å². The first-order chi connectivity index (χ1) is 4.34. The topological polar surface area (TPSA) is 32.7 Å². The van der Waals surface area contributed by atoms with Crippen molar-refractivity contribution in [1.29, 1.82) is 0 Å². The summed E-state index contributed by atoms with van der Waals surface area (Å²) in [6, 6.07) is 0. The molecule has 1 heterocycles. The molecule has 0 saturated heterocycles. The molecule has 3 nitrogen and oxygen atoms in total. The lowest BCUT2D eigenvalue weighted by Gasteiger charge is -2.22. The van der Waals surface area contributed by atoms with Gasteiger partial charge in [0.05, 0.1) is 7.11 Å². The van der Waals surface area contributed by atoms with E-state index >= 15 is 0 Å². The molecule has 0 amide bonds. The fraction of sp³-hybridized carbons (Fsp3) is 0.333. The Bertz CT molecular complexity index is 142. The fourth-order valence-corrected chi connectivity index (χ4v) is 0.640. The number of hydroxylamine groups is 2. The lowest BCUT2D eigenvalue weighted by Crippen LogP contribution is -2.28. The average molecular weight is 127 g/mol. The Kier molecular flexibility index (Phi) is 1.87. The minimum Gasteiger partial charge on any atom is -0.368 e. The lowest BCUT2D eigenvalue weighted by molar-refractivity contribution is -0.167. The number of hydrogen-bond donors (Lipinski definition) is 1. The highest BCUT2D eigenvalue weighted by atomic mass is 16.7. The predicted octanol–water partition coefficient (Wildman–Crippen LogP) is 0.252. The quantitative estimate of drug-likeness (QED) is 0.548. The molecule has 0 bridgehead atoms. The van der Waals surface area contributed by atoms with Gasteiger partial charge in [0, 0.05) is 6.20 Å². The molecule has 1 aliphatic heterocycles. The van der Waals surface area contributed by atoms with Crippen LogP contribution in [-0.4, -0.2) is 23.5 Å². The first-order valence-electron chi connectivity index (χ1n) is 2.70. The Balaban J connectivity index is 2.55. The first kappa shape index (κ1) is 6.32. The van der Waals surface area contributed by atoms with Gasteiger partial charge in [-0.05, 0) is 12.2 Å². The molecule has 0 spiro atoms. The average Bonchev–Trinajstić information content (AvgIpc) is 1.89. The summed E-state index contributed by atoms with van der Waals surface area (Å²) in [5, 5.41) is 10.4. The van der Waals surface area contributed by atoms with Crippen LogP contribution < -0.4 is 0 Å². The Morgan fingerprint density at radius 3 is 2.78 bits per heavy atom. The highest BCUT2D eigenvalue weighted by Gasteiger charge is 2.07. The van der Waals surface area contributed by atoms with Crippen LogP contribution >= 0.6 is 0 Å². The van der Waals surface area contributed by atoms with Crippen LogP contribution in [0.3, 0.4) is 0 Å². The molecule has 0 aromatic heterocycles. The SMILES string of the molecule is CON1C=CC=CC1O. The van der Waals surface area contributed by atoms with Crippen LogP contribution in [0.25, 0.3) is 0 Å². The van der Waals surface area contributed by atoms with Crippen molar-refractivity contribution in [2.75, 3.05) is 7.11 Å². The molecule has 1 rings (SSSR count). The van der Waals surface area contributed by atoms with Crippen molar-refractivity contribution in [2.24, 2.45) is 0 Å². The van der Waals surface area contributed by atoms with E-state index in [0.717, 1.165) is 0 Å². The predicted molar refractivity (Wildman–Crippen MR) is 33.1 cm³/mol. The second-order valence-corrected chi connectivity index (χ2v) is 1.68. The highest BCUT2D eigenvalue weighted by molar-refractivity contribution is 5.08. The highest BCUT2D eigenvalue weighted by Crippen LogP contribution is 2.03. The summed E-state index contributed by atoms with van der Waals surface area (Å²) in [5.41, 5.74) is 0. The van der Waals surface area contributed by atoms with Crippen molar-refractivity contribution in [3.05, 3.63) is 24.4 Å². The van der Waals surface area contributed by atoms with E-state index in [4.69, 9.17) is 9.94 Å². The van der Waals surface area contributed by atoms with E-state index in [9.17, 15) is 0 Å². The van der Waals surface area contributed by atoms with Gasteiger partial charge in [-0.3, -0.25) is 4.84 Å². The van der Waals surface area contributed by atoms with Gasteiger partial charge in [0.25, 0.3) is 0 Å². The minimum atomic E-state index is -0.639. The zero-order valence-electron chi connectivity index (χ0n) is 5.19. The van der Waals surface area contributed by atoms with Crippen molar-refractivity contribution in [3.8, 4) is 0 Å². The van der Waals surface area contributed by atoms with Gasteiger partial charge in [0.2, 0.25) is 0 Å². The maximum Gasteiger partial charge on any atom is 0.169 e. The summed E-state index contributed by atoms with van der Waals surface area (Å²) in [7, 11) is 1.51. The Hall–Kier alpha value is -0.800. The van der Waals surface area contributed by atoms with Gasteiger partial charge in [-0.25, -0.2) is 5.06 Å². The summed E-state index contributed by atoms with van der Waals surface area (Å²) < 4.78 is 0. The maximum atomic E-state index is 9.03. The third-order valence-corrected chi connectivity index (χ3v) is 1.10. The van der Waals surface area contributed by atoms with E-state index in [0.29, 0.717) is 0 Å². The molecule has 1 N–H and O–H groups in total. The standard InChI is InChI=1S/C6H9NO2/c1-9-7-5-3-2-4-6(7)8/h2-6,8H,1H3. The molecule has 1 atom stereocenters. The van der Waals surface area contributed by atoms with Crippen LogP contribution in [-0.2, 0) is 4.84 Å². The molecule has 3 heteroatoms. The number of aliphatic hydroxyl groups excluding tert-OH is 1. The summed E-state index contributed by atoms with van der Waals surface area (Å²) in [6.07, 6.45) is 6.20. The summed E-state index contributed by atoms with van der Waals surface area (Å²) in [5.74, 6) is 0. The zero-order valence-corrected chi connectivity index (χ0v) is 5.19. The third kappa shape index (κ3) is 1.31. The third-order valence-electron chi connectivity index (χ3n) is 1.10. The summed E-state index contributed by atoms with van der Waals surface area (Å²) in [6.45, 7) is 0. The second-order valence-electron chi connectivity index (χ2n) is 1.68. The van der Waals surface area contributed by atoms with Crippen molar-refractivity contribution in [3.63, 3.8) is 0 Å². The lowest BCUT2D eigenvalue weighted by atomic mass is 10.4. The van der Waals surface area contributed by atoms with Gasteiger partial charge in [0.1, 0.15) is 0 Å². The summed E-state index contributed by atoms with van der Waals surface area (Å²) in [4.78, 5) is 4.75. The van der Waals surface area contributed by atoms with E-state index in [1.54, 1.807) is 24.4 Å². The number of hydrogen-bond acceptors (Lipinski definition) is 3. The first-order valence-corrected chi connectivity index (χ1v) is 2.70. The van der Waals surface area contributed by atoms with E-state index in [1.165, 1.54) is 12.2 Å². The monoisotopic (exact) mass is 127 g/mol. The normalized spacial score (nSPS) is 25.1. The Labute approximate surface area is 53.8 Å².